The zero-order chi connectivity index (χ0) is 12.1. The predicted octanol–water partition coefficient (Wildman–Crippen LogP) is 2.32. The molecule has 0 saturated carbocycles. The van der Waals surface area contributed by atoms with E-state index in [0.29, 0.717) is 5.92 Å². The Kier molecular flexibility index (Phi) is 4.31. The molecule has 0 radical (unpaired) electrons. The molecule has 4 nitrogen and oxygen atoms in total. The molecule has 0 aromatic carbocycles. The van der Waals surface area contributed by atoms with Gasteiger partial charge in [0.1, 0.15) is 5.82 Å². The molecule has 2 heterocycles. The minimum atomic E-state index is 0.703. The van der Waals surface area contributed by atoms with Crippen LogP contribution in [0.4, 0.5) is 5.82 Å². The summed E-state index contributed by atoms with van der Waals surface area (Å²) in [7, 11) is 0. The fourth-order valence-corrected chi connectivity index (χ4v) is 2.13. The number of rotatable bonds is 4. The van der Waals surface area contributed by atoms with E-state index >= 15 is 0 Å². The normalized spacial score (nSPS) is 20.2. The maximum absolute atomic E-state index is 5.47. The maximum atomic E-state index is 5.47. The quantitative estimate of drug-likeness (QED) is 0.870. The number of hydrogen-bond acceptors (Lipinski definition) is 4. The SMILES string of the molecule is Cc1cnc(C)c(NCC[C@@H]2CCCOC2)n1. The number of nitrogens with zero attached hydrogens (tertiary/aromatic N) is 2. The molecule has 94 valence electrons. The molecular formula is C13H21N3O. The highest BCUT2D eigenvalue weighted by Gasteiger charge is 2.13. The first kappa shape index (κ1) is 12.3. The fourth-order valence-electron chi connectivity index (χ4n) is 2.13. The summed E-state index contributed by atoms with van der Waals surface area (Å²) in [6.45, 7) is 6.75. The number of nitrogens with one attached hydrogen (secondary N) is 1. The van der Waals surface area contributed by atoms with Crippen molar-refractivity contribution in [1.29, 1.82) is 0 Å². The molecule has 0 unspecified atom stereocenters. The molecule has 1 aromatic rings. The van der Waals surface area contributed by atoms with E-state index in [4.69, 9.17) is 4.74 Å². The van der Waals surface area contributed by atoms with Gasteiger partial charge in [0.05, 0.1) is 11.4 Å². The van der Waals surface area contributed by atoms with Crippen LogP contribution >= 0.6 is 0 Å². The Morgan fingerprint density at radius 1 is 1.47 bits per heavy atom. The molecule has 1 aliphatic heterocycles. The van der Waals surface area contributed by atoms with Gasteiger partial charge in [0, 0.05) is 26.0 Å². The highest BCUT2D eigenvalue weighted by molar-refractivity contribution is 5.39. The Hall–Kier alpha value is -1.16. The first-order valence-electron chi connectivity index (χ1n) is 6.37. The summed E-state index contributed by atoms with van der Waals surface area (Å²) in [5.41, 5.74) is 1.93. The third-order valence-corrected chi connectivity index (χ3v) is 3.18. The molecule has 1 aromatic heterocycles. The van der Waals surface area contributed by atoms with E-state index in [1.54, 1.807) is 6.20 Å². The van der Waals surface area contributed by atoms with Crippen LogP contribution in [0.3, 0.4) is 0 Å². The van der Waals surface area contributed by atoms with Crippen molar-refractivity contribution in [2.24, 2.45) is 5.92 Å². The summed E-state index contributed by atoms with van der Waals surface area (Å²) >= 11 is 0. The van der Waals surface area contributed by atoms with Gasteiger partial charge in [-0.25, -0.2) is 4.98 Å². The number of ether oxygens (including phenoxy) is 1. The Bertz CT molecular complexity index is 362. The van der Waals surface area contributed by atoms with E-state index in [1.165, 1.54) is 12.8 Å². The van der Waals surface area contributed by atoms with Crippen molar-refractivity contribution in [1.82, 2.24) is 9.97 Å². The van der Waals surface area contributed by atoms with E-state index in [-0.39, 0.29) is 0 Å². The van der Waals surface area contributed by atoms with E-state index in [9.17, 15) is 0 Å². The van der Waals surface area contributed by atoms with Crippen LogP contribution in [0.5, 0.6) is 0 Å². The van der Waals surface area contributed by atoms with Crippen molar-refractivity contribution in [3.05, 3.63) is 17.6 Å². The lowest BCUT2D eigenvalue weighted by Gasteiger charge is -2.22. The van der Waals surface area contributed by atoms with Crippen LogP contribution in [0.2, 0.25) is 0 Å². The monoisotopic (exact) mass is 235 g/mol. The van der Waals surface area contributed by atoms with Crippen molar-refractivity contribution in [3.63, 3.8) is 0 Å². The van der Waals surface area contributed by atoms with Crippen LogP contribution in [0, 0.1) is 19.8 Å². The highest BCUT2D eigenvalue weighted by Crippen LogP contribution is 2.17. The summed E-state index contributed by atoms with van der Waals surface area (Å²) in [6, 6.07) is 0. The summed E-state index contributed by atoms with van der Waals surface area (Å²) in [5.74, 6) is 1.62. The van der Waals surface area contributed by atoms with Crippen molar-refractivity contribution in [2.45, 2.75) is 33.1 Å². The molecule has 0 bridgehead atoms. The van der Waals surface area contributed by atoms with Gasteiger partial charge in [0.15, 0.2) is 0 Å². The number of aromatic nitrogens is 2. The minimum absolute atomic E-state index is 0.703. The van der Waals surface area contributed by atoms with Crippen LogP contribution in [0.15, 0.2) is 6.20 Å². The van der Waals surface area contributed by atoms with Gasteiger partial charge in [-0.1, -0.05) is 0 Å². The van der Waals surface area contributed by atoms with Crippen molar-refractivity contribution in [2.75, 3.05) is 25.1 Å². The van der Waals surface area contributed by atoms with Crippen LogP contribution in [0.25, 0.3) is 0 Å². The zero-order valence-electron chi connectivity index (χ0n) is 10.7. The lowest BCUT2D eigenvalue weighted by atomic mass is 9.99. The van der Waals surface area contributed by atoms with Gasteiger partial charge in [-0.3, -0.25) is 4.98 Å². The molecule has 1 fully saturated rings. The van der Waals surface area contributed by atoms with Crippen LogP contribution in [0.1, 0.15) is 30.7 Å². The Balaban J connectivity index is 1.79. The van der Waals surface area contributed by atoms with Crippen LogP contribution in [-0.4, -0.2) is 29.7 Å². The minimum Gasteiger partial charge on any atom is -0.381 e. The average molecular weight is 235 g/mol. The second-order valence-electron chi connectivity index (χ2n) is 4.74. The Labute approximate surface area is 103 Å². The maximum Gasteiger partial charge on any atom is 0.147 e. The third kappa shape index (κ3) is 3.66. The molecule has 4 heteroatoms. The zero-order valence-corrected chi connectivity index (χ0v) is 10.7. The molecule has 1 N–H and O–H groups in total. The third-order valence-electron chi connectivity index (χ3n) is 3.18. The van der Waals surface area contributed by atoms with Gasteiger partial charge < -0.3 is 10.1 Å². The molecule has 2 rings (SSSR count). The van der Waals surface area contributed by atoms with Gasteiger partial charge in [-0.15, -0.1) is 0 Å². The van der Waals surface area contributed by atoms with Crippen molar-refractivity contribution < 1.29 is 4.74 Å². The van der Waals surface area contributed by atoms with Crippen molar-refractivity contribution in [3.8, 4) is 0 Å². The Morgan fingerprint density at radius 3 is 3.12 bits per heavy atom. The van der Waals surface area contributed by atoms with E-state index in [2.05, 4.69) is 15.3 Å². The van der Waals surface area contributed by atoms with E-state index < -0.39 is 0 Å². The average Bonchev–Trinajstić information content (AvgIpc) is 2.35. The van der Waals surface area contributed by atoms with Crippen LogP contribution < -0.4 is 5.32 Å². The molecule has 1 saturated heterocycles. The van der Waals surface area contributed by atoms with Gasteiger partial charge in [0.25, 0.3) is 0 Å². The lowest BCUT2D eigenvalue weighted by Crippen LogP contribution is -2.20. The van der Waals surface area contributed by atoms with Gasteiger partial charge >= 0.3 is 0 Å². The molecule has 0 spiro atoms. The van der Waals surface area contributed by atoms with E-state index in [1.807, 2.05) is 13.8 Å². The van der Waals surface area contributed by atoms with Gasteiger partial charge in [-0.2, -0.15) is 0 Å². The van der Waals surface area contributed by atoms with Crippen LogP contribution in [-0.2, 0) is 4.74 Å². The molecule has 1 aliphatic rings. The summed E-state index contributed by atoms with van der Waals surface area (Å²) in [5, 5.41) is 3.37. The standard InChI is InChI=1S/C13H21N3O/c1-10-8-15-11(2)13(16-10)14-6-5-12-4-3-7-17-9-12/h8,12H,3-7,9H2,1-2H3,(H,14,16)/t12-/m0/s1. The second-order valence-corrected chi connectivity index (χ2v) is 4.74. The summed E-state index contributed by atoms with van der Waals surface area (Å²) < 4.78 is 5.47. The second kappa shape index (κ2) is 5.96. The first-order chi connectivity index (χ1) is 8.25. The van der Waals surface area contributed by atoms with E-state index in [0.717, 1.165) is 43.4 Å². The predicted molar refractivity (Wildman–Crippen MR) is 68.2 cm³/mol. The fraction of sp³-hybridized carbons (Fsp3) is 0.692. The molecule has 0 aliphatic carbocycles. The summed E-state index contributed by atoms with van der Waals surface area (Å²) in [4.78, 5) is 8.74. The molecule has 17 heavy (non-hydrogen) atoms. The molecule has 0 amide bonds. The Morgan fingerprint density at radius 2 is 2.35 bits per heavy atom. The first-order valence-corrected chi connectivity index (χ1v) is 6.37. The molecule has 1 atom stereocenters. The summed E-state index contributed by atoms with van der Waals surface area (Å²) in [6.07, 6.45) is 5.44. The lowest BCUT2D eigenvalue weighted by molar-refractivity contribution is 0.0530. The number of anilines is 1. The van der Waals surface area contributed by atoms with Crippen molar-refractivity contribution >= 4 is 5.82 Å². The topological polar surface area (TPSA) is 47.0 Å². The smallest absolute Gasteiger partial charge is 0.147 e. The number of hydrogen-bond donors (Lipinski definition) is 1. The van der Waals surface area contributed by atoms with Gasteiger partial charge in [0.2, 0.25) is 0 Å². The number of aryl methyl sites for hydroxylation is 2. The molecular weight excluding hydrogens is 214 g/mol. The highest BCUT2D eigenvalue weighted by atomic mass is 16.5. The van der Waals surface area contributed by atoms with Gasteiger partial charge in [-0.05, 0) is 39.0 Å². The largest absolute Gasteiger partial charge is 0.381 e.